The van der Waals surface area contributed by atoms with Crippen LogP contribution >= 0.6 is 0 Å². The third-order valence-electron chi connectivity index (χ3n) is 4.62. The van der Waals surface area contributed by atoms with Crippen molar-refractivity contribution in [3.8, 4) is 17.4 Å². The maximum atomic E-state index is 12.0. The van der Waals surface area contributed by atoms with Gasteiger partial charge in [0, 0.05) is 13.2 Å². The van der Waals surface area contributed by atoms with Crippen molar-refractivity contribution >= 4 is 17.4 Å². The maximum absolute atomic E-state index is 12.0. The number of nitrogens with zero attached hydrogens (tertiary/aromatic N) is 5. The number of hydrogen-bond acceptors (Lipinski definition) is 6. The lowest BCUT2D eigenvalue weighted by molar-refractivity contribution is -0.117. The maximum Gasteiger partial charge on any atom is 0.324 e. The molecule has 1 N–H and O–H groups in total. The summed E-state index contributed by atoms with van der Waals surface area (Å²) in [6.45, 7) is 5.64. The minimum Gasteiger partial charge on any atom is -0.424 e. The van der Waals surface area contributed by atoms with Crippen molar-refractivity contribution in [3.63, 3.8) is 0 Å². The molecule has 1 aliphatic heterocycles. The lowest BCUT2D eigenvalue weighted by atomic mass is 10.2. The van der Waals surface area contributed by atoms with Gasteiger partial charge in [0.05, 0.1) is 17.6 Å². The van der Waals surface area contributed by atoms with Gasteiger partial charge in [0.15, 0.2) is 5.82 Å². The van der Waals surface area contributed by atoms with E-state index in [2.05, 4.69) is 20.4 Å². The molecule has 27 heavy (non-hydrogen) atoms. The molecular weight excluding hydrogens is 344 g/mol. The van der Waals surface area contributed by atoms with Crippen molar-refractivity contribution in [2.75, 3.05) is 17.3 Å². The number of carbonyl (C=O) groups excluding carboxylic acids is 1. The van der Waals surface area contributed by atoms with E-state index in [-0.39, 0.29) is 18.0 Å². The summed E-state index contributed by atoms with van der Waals surface area (Å²) in [6.07, 6.45) is 3.77. The van der Waals surface area contributed by atoms with E-state index < -0.39 is 0 Å². The Kier molecular flexibility index (Phi) is 4.02. The van der Waals surface area contributed by atoms with E-state index in [1.165, 1.54) is 0 Å². The molecule has 1 atom stereocenters. The van der Waals surface area contributed by atoms with Crippen LogP contribution in [0.4, 0.5) is 11.5 Å². The number of anilines is 2. The lowest BCUT2D eigenvalue weighted by Crippen LogP contribution is -2.44. The molecule has 0 unspecified atom stereocenters. The van der Waals surface area contributed by atoms with E-state index in [0.29, 0.717) is 22.9 Å². The number of nitrogens with one attached hydrogen (secondary N) is 1. The van der Waals surface area contributed by atoms with E-state index in [1.54, 1.807) is 4.68 Å². The highest BCUT2D eigenvalue weighted by molar-refractivity contribution is 6.02. The van der Waals surface area contributed by atoms with Crippen LogP contribution in [0.2, 0.25) is 0 Å². The first-order valence-corrected chi connectivity index (χ1v) is 8.64. The second kappa shape index (κ2) is 6.39. The van der Waals surface area contributed by atoms with Crippen molar-refractivity contribution in [1.29, 1.82) is 0 Å². The summed E-state index contributed by atoms with van der Waals surface area (Å²) in [5.74, 6) is 1.19. The van der Waals surface area contributed by atoms with E-state index >= 15 is 0 Å². The van der Waals surface area contributed by atoms with Crippen LogP contribution in [-0.4, -0.2) is 38.7 Å². The van der Waals surface area contributed by atoms with E-state index in [0.717, 1.165) is 11.3 Å². The second-order valence-electron chi connectivity index (χ2n) is 6.62. The van der Waals surface area contributed by atoms with Crippen LogP contribution in [0, 0.1) is 13.8 Å². The third kappa shape index (κ3) is 3.10. The van der Waals surface area contributed by atoms with Crippen LogP contribution in [-0.2, 0) is 4.79 Å². The molecule has 1 aliphatic rings. The zero-order valence-electron chi connectivity index (χ0n) is 15.6. The molecular formula is C19H20N6O2. The molecule has 0 spiro atoms. The predicted octanol–water partition coefficient (Wildman–Crippen LogP) is 2.85. The van der Waals surface area contributed by atoms with Crippen molar-refractivity contribution in [1.82, 2.24) is 19.7 Å². The Hall–Kier alpha value is -3.42. The molecule has 8 heteroatoms. The number of aromatic nitrogens is 4. The fourth-order valence-corrected chi connectivity index (χ4v) is 2.89. The molecule has 0 radical (unpaired) electrons. The largest absolute Gasteiger partial charge is 0.424 e. The molecule has 4 rings (SSSR count). The average Bonchev–Trinajstić information content (AvgIpc) is 3.08. The van der Waals surface area contributed by atoms with Crippen molar-refractivity contribution in [3.05, 3.63) is 47.9 Å². The Morgan fingerprint density at radius 3 is 2.56 bits per heavy atom. The normalized spacial score (nSPS) is 16.1. The topological polar surface area (TPSA) is 85.2 Å². The van der Waals surface area contributed by atoms with Gasteiger partial charge in [-0.15, -0.1) is 0 Å². The third-order valence-corrected chi connectivity index (χ3v) is 4.62. The molecule has 2 aromatic heterocycles. The minimum atomic E-state index is -0.309. The first kappa shape index (κ1) is 17.0. The molecule has 3 heterocycles. The fourth-order valence-electron chi connectivity index (χ4n) is 2.89. The van der Waals surface area contributed by atoms with Crippen LogP contribution < -0.4 is 15.0 Å². The Morgan fingerprint density at radius 2 is 1.89 bits per heavy atom. The summed E-state index contributed by atoms with van der Waals surface area (Å²) in [4.78, 5) is 22.7. The Labute approximate surface area is 156 Å². The zero-order chi connectivity index (χ0) is 19.1. The SMILES string of the molecule is Cc1cnn(-c2ccc(Oc3nc(C)c4c(n3)N(C)[C@@H](C)C(=O)N4)cc2)c1. The molecule has 0 bridgehead atoms. The molecule has 1 amide bonds. The number of benzene rings is 1. The number of carbonyl (C=O) groups is 1. The standard InChI is InChI=1S/C19H20N6O2/c1-11-9-20-25(10-11)14-5-7-15(8-6-14)27-19-21-12(2)16-17(23-19)24(4)13(3)18(26)22-16/h5-10,13H,1-4H3,(H,22,26)/t13-/m0/s1. The predicted molar refractivity (Wildman–Crippen MR) is 102 cm³/mol. The first-order valence-electron chi connectivity index (χ1n) is 8.64. The highest BCUT2D eigenvalue weighted by Crippen LogP contribution is 2.33. The minimum absolute atomic E-state index is 0.0742. The van der Waals surface area contributed by atoms with Crippen molar-refractivity contribution in [2.45, 2.75) is 26.8 Å². The van der Waals surface area contributed by atoms with Crippen LogP contribution in [0.3, 0.4) is 0 Å². The molecule has 138 valence electrons. The number of rotatable bonds is 3. The quantitative estimate of drug-likeness (QED) is 0.769. The number of likely N-dealkylation sites (N-methyl/N-ethyl adjacent to an activating group) is 1. The number of hydrogen-bond donors (Lipinski definition) is 1. The smallest absolute Gasteiger partial charge is 0.324 e. The van der Waals surface area contributed by atoms with Crippen molar-refractivity contribution in [2.24, 2.45) is 0 Å². The Morgan fingerprint density at radius 1 is 1.15 bits per heavy atom. The van der Waals surface area contributed by atoms with Gasteiger partial charge in [0.25, 0.3) is 0 Å². The molecule has 0 fully saturated rings. The van der Waals surface area contributed by atoms with E-state index in [4.69, 9.17) is 4.74 Å². The molecule has 1 aromatic carbocycles. The number of ether oxygens (including phenoxy) is 1. The zero-order valence-corrected chi connectivity index (χ0v) is 15.6. The second-order valence-corrected chi connectivity index (χ2v) is 6.62. The summed E-state index contributed by atoms with van der Waals surface area (Å²) < 4.78 is 7.64. The van der Waals surface area contributed by atoms with Gasteiger partial charge in [-0.3, -0.25) is 4.79 Å². The molecule has 0 aliphatic carbocycles. The Bertz CT molecular complexity index is 1010. The van der Waals surface area contributed by atoms with E-state index in [1.807, 2.05) is 69.4 Å². The summed E-state index contributed by atoms with van der Waals surface area (Å²) >= 11 is 0. The lowest BCUT2D eigenvalue weighted by Gasteiger charge is -2.32. The van der Waals surface area contributed by atoms with Gasteiger partial charge in [-0.05, 0) is 50.6 Å². The summed E-state index contributed by atoms with van der Waals surface area (Å²) in [6, 6.07) is 7.46. The summed E-state index contributed by atoms with van der Waals surface area (Å²) in [5.41, 5.74) is 3.32. The molecule has 0 saturated heterocycles. The van der Waals surface area contributed by atoms with Crippen molar-refractivity contribution < 1.29 is 9.53 Å². The highest BCUT2D eigenvalue weighted by atomic mass is 16.5. The van der Waals surface area contributed by atoms with Gasteiger partial charge in [-0.1, -0.05) is 0 Å². The van der Waals surface area contributed by atoms with Crippen LogP contribution in [0.25, 0.3) is 5.69 Å². The Balaban J connectivity index is 1.60. The number of amides is 1. The number of fused-ring (bicyclic) bond motifs is 1. The molecule has 0 saturated carbocycles. The number of aryl methyl sites for hydroxylation is 2. The van der Waals surface area contributed by atoms with Crippen LogP contribution in [0.1, 0.15) is 18.2 Å². The van der Waals surface area contributed by atoms with Gasteiger partial charge in [-0.2, -0.15) is 15.1 Å². The van der Waals surface area contributed by atoms with Crippen LogP contribution in [0.15, 0.2) is 36.7 Å². The highest BCUT2D eigenvalue weighted by Gasteiger charge is 2.30. The van der Waals surface area contributed by atoms with Gasteiger partial charge < -0.3 is 15.0 Å². The monoisotopic (exact) mass is 364 g/mol. The summed E-state index contributed by atoms with van der Waals surface area (Å²) in [7, 11) is 1.83. The fraction of sp³-hybridized carbons (Fsp3) is 0.263. The van der Waals surface area contributed by atoms with Gasteiger partial charge in [0.1, 0.15) is 17.5 Å². The molecule has 3 aromatic rings. The van der Waals surface area contributed by atoms with Gasteiger partial charge in [-0.25, -0.2) is 4.68 Å². The van der Waals surface area contributed by atoms with Crippen LogP contribution in [0.5, 0.6) is 11.8 Å². The summed E-state index contributed by atoms with van der Waals surface area (Å²) in [5, 5.41) is 7.15. The molecule has 8 nitrogen and oxygen atoms in total. The van der Waals surface area contributed by atoms with Gasteiger partial charge >= 0.3 is 6.01 Å². The first-order chi connectivity index (χ1) is 12.9. The van der Waals surface area contributed by atoms with E-state index in [9.17, 15) is 4.79 Å². The average molecular weight is 364 g/mol. The van der Waals surface area contributed by atoms with Gasteiger partial charge in [0.2, 0.25) is 5.91 Å².